The largest absolute Gasteiger partial charge is 0.337 e. The summed E-state index contributed by atoms with van der Waals surface area (Å²) in [7, 11) is 0. The van der Waals surface area contributed by atoms with E-state index in [9.17, 15) is 9.59 Å². The molecule has 0 N–H and O–H groups in total. The van der Waals surface area contributed by atoms with E-state index in [1.807, 2.05) is 59.5 Å². The molecule has 0 bridgehead atoms. The first-order valence-electron chi connectivity index (χ1n) is 10.5. The van der Waals surface area contributed by atoms with Crippen LogP contribution in [0.5, 0.6) is 0 Å². The minimum Gasteiger partial charge on any atom is -0.337 e. The second-order valence-electron chi connectivity index (χ2n) is 8.01. The second-order valence-corrected chi connectivity index (χ2v) is 8.95. The Labute approximate surface area is 181 Å². The number of benzene rings is 2. The highest BCUT2D eigenvalue weighted by atomic mass is 32.2. The first-order chi connectivity index (χ1) is 14.5. The lowest BCUT2D eigenvalue weighted by molar-refractivity contribution is -0.134. The van der Waals surface area contributed by atoms with Crippen molar-refractivity contribution in [1.29, 1.82) is 0 Å². The lowest BCUT2D eigenvalue weighted by Crippen LogP contribution is -2.48. The van der Waals surface area contributed by atoms with E-state index in [0.29, 0.717) is 22.6 Å². The van der Waals surface area contributed by atoms with E-state index >= 15 is 0 Å². The van der Waals surface area contributed by atoms with Crippen molar-refractivity contribution in [2.45, 2.75) is 56.9 Å². The molecule has 30 heavy (non-hydrogen) atoms. The third-order valence-corrected chi connectivity index (χ3v) is 6.78. The number of para-hydroxylation sites is 1. The minimum atomic E-state index is -0.0703. The number of rotatable bonds is 5. The Morgan fingerprint density at radius 1 is 1.03 bits per heavy atom. The van der Waals surface area contributed by atoms with Gasteiger partial charge in [0.25, 0.3) is 5.56 Å². The van der Waals surface area contributed by atoms with Crippen molar-refractivity contribution in [3.05, 3.63) is 70.5 Å². The van der Waals surface area contributed by atoms with Crippen LogP contribution in [0.4, 0.5) is 0 Å². The van der Waals surface area contributed by atoms with Gasteiger partial charge in [0.2, 0.25) is 5.91 Å². The molecule has 156 valence electrons. The van der Waals surface area contributed by atoms with Crippen LogP contribution in [0.1, 0.15) is 38.7 Å². The molecule has 2 aromatic carbocycles. The molecule has 4 rings (SSSR count). The number of nitrogens with zero attached hydrogens (tertiary/aromatic N) is 3. The molecule has 1 saturated heterocycles. The fourth-order valence-corrected chi connectivity index (χ4v) is 5.14. The van der Waals surface area contributed by atoms with Crippen molar-refractivity contribution in [2.75, 3.05) is 5.75 Å². The molecule has 1 aromatic heterocycles. The van der Waals surface area contributed by atoms with Crippen LogP contribution in [0.3, 0.4) is 0 Å². The predicted molar refractivity (Wildman–Crippen MR) is 122 cm³/mol. The van der Waals surface area contributed by atoms with Crippen LogP contribution >= 0.6 is 11.8 Å². The highest BCUT2D eigenvalue weighted by molar-refractivity contribution is 7.99. The molecule has 0 spiro atoms. The predicted octanol–water partition coefficient (Wildman–Crippen LogP) is 4.33. The Bertz CT molecular complexity index is 1090. The zero-order valence-corrected chi connectivity index (χ0v) is 18.3. The molecule has 1 amide bonds. The van der Waals surface area contributed by atoms with Gasteiger partial charge in [0.05, 0.1) is 23.2 Å². The summed E-state index contributed by atoms with van der Waals surface area (Å²) in [6.45, 7) is 4.68. The average Bonchev–Trinajstić information content (AvgIpc) is 2.75. The molecule has 0 aliphatic carbocycles. The average molecular weight is 422 g/mol. The number of fused-ring (bicyclic) bond motifs is 1. The third-order valence-electron chi connectivity index (χ3n) is 5.82. The highest BCUT2D eigenvalue weighted by Crippen LogP contribution is 2.25. The summed E-state index contributed by atoms with van der Waals surface area (Å²) in [5.74, 6) is 0.405. The number of hydrogen-bond donors (Lipinski definition) is 0. The summed E-state index contributed by atoms with van der Waals surface area (Å²) in [5.41, 5.74) is 1.63. The summed E-state index contributed by atoms with van der Waals surface area (Å²) < 4.78 is 1.69. The van der Waals surface area contributed by atoms with E-state index in [4.69, 9.17) is 4.98 Å². The summed E-state index contributed by atoms with van der Waals surface area (Å²) in [6, 6.07) is 17.8. The molecule has 0 saturated carbocycles. The van der Waals surface area contributed by atoms with E-state index in [1.165, 1.54) is 18.2 Å². The summed E-state index contributed by atoms with van der Waals surface area (Å²) >= 11 is 1.36. The quantitative estimate of drug-likeness (QED) is 0.455. The van der Waals surface area contributed by atoms with Gasteiger partial charge in [0, 0.05) is 12.1 Å². The Morgan fingerprint density at radius 2 is 1.70 bits per heavy atom. The Morgan fingerprint density at radius 3 is 2.43 bits per heavy atom. The molecule has 3 aromatic rings. The van der Waals surface area contributed by atoms with Crippen LogP contribution in [0, 0.1) is 0 Å². The van der Waals surface area contributed by atoms with E-state index in [0.717, 1.165) is 18.4 Å². The summed E-state index contributed by atoms with van der Waals surface area (Å²) in [5, 5.41) is 1.19. The molecular formula is C24H27N3O2S. The monoisotopic (exact) mass is 421 g/mol. The number of likely N-dealkylation sites (tertiary alicyclic amines) is 1. The Balaban J connectivity index is 1.64. The van der Waals surface area contributed by atoms with Gasteiger partial charge in [-0.1, -0.05) is 54.2 Å². The van der Waals surface area contributed by atoms with Crippen LogP contribution < -0.4 is 5.56 Å². The van der Waals surface area contributed by atoms with Crippen molar-refractivity contribution in [2.24, 2.45) is 0 Å². The zero-order valence-electron chi connectivity index (χ0n) is 17.5. The molecule has 2 atom stereocenters. The summed E-state index contributed by atoms with van der Waals surface area (Å²) in [6.07, 6.45) is 3.27. The van der Waals surface area contributed by atoms with Crippen LogP contribution in [-0.4, -0.2) is 38.2 Å². The molecule has 2 unspecified atom stereocenters. The Kier molecular flexibility index (Phi) is 6.23. The van der Waals surface area contributed by atoms with Crippen molar-refractivity contribution in [3.63, 3.8) is 0 Å². The number of amides is 1. The zero-order chi connectivity index (χ0) is 21.1. The topological polar surface area (TPSA) is 55.2 Å². The number of carbonyl (C=O) groups is 1. The number of hydrogen-bond acceptors (Lipinski definition) is 4. The van der Waals surface area contributed by atoms with Crippen LogP contribution in [0.25, 0.3) is 10.9 Å². The van der Waals surface area contributed by atoms with Gasteiger partial charge in [-0.3, -0.25) is 14.2 Å². The number of thioether (sulfide) groups is 1. The standard InChI is InChI=1S/C24H27N3O2S/c1-17-9-8-10-18(2)27(17)22(28)16-30-24-25-21-14-7-6-13-20(21)23(29)26(24)15-19-11-4-3-5-12-19/h3-7,11-14,17-18H,8-10,15-16H2,1-2H3. The molecule has 2 heterocycles. The van der Waals surface area contributed by atoms with Gasteiger partial charge < -0.3 is 4.90 Å². The molecule has 6 heteroatoms. The van der Waals surface area contributed by atoms with Crippen LogP contribution in [-0.2, 0) is 11.3 Å². The van der Waals surface area contributed by atoms with Gasteiger partial charge in [-0.2, -0.15) is 0 Å². The van der Waals surface area contributed by atoms with Gasteiger partial charge in [0.15, 0.2) is 5.16 Å². The minimum absolute atomic E-state index is 0.0703. The lowest BCUT2D eigenvalue weighted by atomic mass is 9.98. The first-order valence-corrected chi connectivity index (χ1v) is 11.5. The van der Waals surface area contributed by atoms with Crippen molar-refractivity contribution in [1.82, 2.24) is 14.5 Å². The lowest BCUT2D eigenvalue weighted by Gasteiger charge is -2.39. The second kappa shape index (κ2) is 9.04. The number of carbonyl (C=O) groups excluding carboxylic acids is 1. The maximum atomic E-state index is 13.2. The molecule has 1 fully saturated rings. The molecule has 0 radical (unpaired) electrons. The molecule has 1 aliphatic rings. The van der Waals surface area contributed by atoms with Gasteiger partial charge >= 0.3 is 0 Å². The van der Waals surface area contributed by atoms with Crippen molar-refractivity contribution >= 4 is 28.6 Å². The van der Waals surface area contributed by atoms with Crippen molar-refractivity contribution in [3.8, 4) is 0 Å². The van der Waals surface area contributed by atoms with Crippen LogP contribution in [0.15, 0.2) is 64.5 Å². The Hall–Kier alpha value is -2.60. The molecule has 5 nitrogen and oxygen atoms in total. The fraction of sp³-hybridized carbons (Fsp3) is 0.375. The maximum Gasteiger partial charge on any atom is 0.262 e. The number of aromatic nitrogens is 2. The fourth-order valence-electron chi connectivity index (χ4n) is 4.28. The first kappa shape index (κ1) is 20.7. The van der Waals surface area contributed by atoms with E-state index in [-0.39, 0.29) is 29.3 Å². The maximum absolute atomic E-state index is 13.2. The van der Waals surface area contributed by atoms with Crippen LogP contribution in [0.2, 0.25) is 0 Å². The SMILES string of the molecule is CC1CCCC(C)N1C(=O)CSc1nc2ccccc2c(=O)n1Cc1ccccc1. The summed E-state index contributed by atoms with van der Waals surface area (Å²) in [4.78, 5) is 33.0. The smallest absolute Gasteiger partial charge is 0.262 e. The highest BCUT2D eigenvalue weighted by Gasteiger charge is 2.29. The molecule has 1 aliphatic heterocycles. The normalized spacial score (nSPS) is 19.2. The van der Waals surface area contributed by atoms with Gasteiger partial charge in [-0.25, -0.2) is 4.98 Å². The number of piperidine rings is 1. The van der Waals surface area contributed by atoms with Crippen molar-refractivity contribution < 1.29 is 4.79 Å². The van der Waals surface area contributed by atoms with E-state index in [2.05, 4.69) is 13.8 Å². The van der Waals surface area contributed by atoms with Gasteiger partial charge in [-0.05, 0) is 50.8 Å². The van der Waals surface area contributed by atoms with E-state index in [1.54, 1.807) is 4.57 Å². The van der Waals surface area contributed by atoms with Gasteiger partial charge in [0.1, 0.15) is 0 Å². The van der Waals surface area contributed by atoms with E-state index < -0.39 is 0 Å². The molecular weight excluding hydrogens is 394 g/mol. The van der Waals surface area contributed by atoms with Gasteiger partial charge in [-0.15, -0.1) is 0 Å². The third kappa shape index (κ3) is 4.29.